The van der Waals surface area contributed by atoms with E-state index >= 15 is 0 Å². The van der Waals surface area contributed by atoms with Crippen molar-refractivity contribution < 1.29 is 9.59 Å². The topological polar surface area (TPSA) is 49.4 Å². The van der Waals surface area contributed by atoms with Gasteiger partial charge in [-0.2, -0.15) is 0 Å². The van der Waals surface area contributed by atoms with E-state index in [1.807, 2.05) is 51.1 Å². The van der Waals surface area contributed by atoms with Gasteiger partial charge in [-0.15, -0.1) is 0 Å². The normalized spacial score (nSPS) is 12.0. The van der Waals surface area contributed by atoms with Crippen LogP contribution in [0.3, 0.4) is 0 Å². The zero-order chi connectivity index (χ0) is 15.8. The molecule has 4 heteroatoms. The molecule has 0 saturated carbocycles. The molecule has 0 radical (unpaired) electrons. The first-order valence-corrected chi connectivity index (χ1v) is 7.56. The number of amides is 2. The fourth-order valence-corrected chi connectivity index (χ4v) is 2.02. The Bertz CT molecular complexity index is 457. The lowest BCUT2D eigenvalue weighted by molar-refractivity contribution is -0.140. The molecule has 0 bridgehead atoms. The van der Waals surface area contributed by atoms with Crippen molar-refractivity contribution in [2.45, 2.75) is 46.7 Å². The molecule has 0 fully saturated rings. The SMILES string of the molecule is CCC(=O)N(Cc1ccccc1)[C@@H](C)C(=O)NCC(C)C. The number of carbonyl (C=O) groups is 2. The van der Waals surface area contributed by atoms with E-state index in [1.54, 1.807) is 11.8 Å². The molecule has 1 rings (SSSR count). The van der Waals surface area contributed by atoms with E-state index < -0.39 is 6.04 Å². The van der Waals surface area contributed by atoms with Gasteiger partial charge in [-0.05, 0) is 18.4 Å². The molecule has 1 atom stereocenters. The van der Waals surface area contributed by atoms with Gasteiger partial charge in [0, 0.05) is 19.5 Å². The summed E-state index contributed by atoms with van der Waals surface area (Å²) < 4.78 is 0. The number of hydrogen-bond donors (Lipinski definition) is 1. The standard InChI is InChI=1S/C17H26N2O2/c1-5-16(20)19(12-15-9-7-6-8-10-15)14(4)17(21)18-11-13(2)3/h6-10,13-14H,5,11-12H2,1-4H3,(H,18,21)/t14-/m0/s1. The molecule has 2 amide bonds. The highest BCUT2D eigenvalue weighted by Gasteiger charge is 2.24. The zero-order valence-corrected chi connectivity index (χ0v) is 13.4. The Hall–Kier alpha value is -1.84. The molecule has 0 aliphatic rings. The third-order valence-corrected chi connectivity index (χ3v) is 3.35. The summed E-state index contributed by atoms with van der Waals surface area (Å²) in [6, 6.07) is 9.29. The molecule has 4 nitrogen and oxygen atoms in total. The molecule has 0 saturated heterocycles. The molecule has 0 aliphatic carbocycles. The maximum atomic E-state index is 12.2. The second-order valence-electron chi connectivity index (χ2n) is 5.68. The fraction of sp³-hybridized carbons (Fsp3) is 0.529. The molecule has 116 valence electrons. The van der Waals surface area contributed by atoms with Crippen molar-refractivity contribution in [1.82, 2.24) is 10.2 Å². The monoisotopic (exact) mass is 290 g/mol. The summed E-state index contributed by atoms with van der Waals surface area (Å²) >= 11 is 0. The molecule has 1 aromatic carbocycles. The third-order valence-electron chi connectivity index (χ3n) is 3.35. The molecule has 0 heterocycles. The quantitative estimate of drug-likeness (QED) is 0.839. The molecule has 0 spiro atoms. The largest absolute Gasteiger partial charge is 0.354 e. The van der Waals surface area contributed by atoms with Gasteiger partial charge in [-0.3, -0.25) is 9.59 Å². The maximum absolute atomic E-state index is 12.2. The molecular formula is C17H26N2O2. The van der Waals surface area contributed by atoms with Crippen molar-refractivity contribution in [3.63, 3.8) is 0 Å². The maximum Gasteiger partial charge on any atom is 0.242 e. The van der Waals surface area contributed by atoms with Crippen LogP contribution < -0.4 is 5.32 Å². The van der Waals surface area contributed by atoms with Gasteiger partial charge >= 0.3 is 0 Å². The van der Waals surface area contributed by atoms with E-state index in [9.17, 15) is 9.59 Å². The van der Waals surface area contributed by atoms with Gasteiger partial charge < -0.3 is 10.2 Å². The smallest absolute Gasteiger partial charge is 0.242 e. The van der Waals surface area contributed by atoms with E-state index in [4.69, 9.17) is 0 Å². The summed E-state index contributed by atoms with van der Waals surface area (Å²) in [5.41, 5.74) is 1.03. The second kappa shape index (κ2) is 8.45. The summed E-state index contributed by atoms with van der Waals surface area (Å²) in [6.45, 7) is 8.78. The third kappa shape index (κ3) is 5.58. The van der Waals surface area contributed by atoms with Crippen LogP contribution in [0.2, 0.25) is 0 Å². The Kier molecular flexibility index (Phi) is 6.92. The fourth-order valence-electron chi connectivity index (χ4n) is 2.02. The van der Waals surface area contributed by atoms with Crippen LogP contribution in [0.25, 0.3) is 0 Å². The first kappa shape index (κ1) is 17.2. The molecular weight excluding hydrogens is 264 g/mol. The van der Waals surface area contributed by atoms with Crippen LogP contribution in [0.1, 0.15) is 39.7 Å². The van der Waals surface area contributed by atoms with Gasteiger partial charge in [0.1, 0.15) is 6.04 Å². The van der Waals surface area contributed by atoms with Crippen molar-refractivity contribution in [3.05, 3.63) is 35.9 Å². The summed E-state index contributed by atoms with van der Waals surface area (Å²) in [7, 11) is 0. The zero-order valence-electron chi connectivity index (χ0n) is 13.4. The summed E-state index contributed by atoms with van der Waals surface area (Å²) in [4.78, 5) is 26.0. The van der Waals surface area contributed by atoms with Crippen LogP contribution in [-0.4, -0.2) is 29.3 Å². The van der Waals surface area contributed by atoms with Gasteiger partial charge in [0.25, 0.3) is 0 Å². The number of nitrogens with zero attached hydrogens (tertiary/aromatic N) is 1. The summed E-state index contributed by atoms with van der Waals surface area (Å²) in [5.74, 6) is 0.290. The van der Waals surface area contributed by atoms with E-state index in [0.29, 0.717) is 25.4 Å². The highest BCUT2D eigenvalue weighted by Crippen LogP contribution is 2.10. The lowest BCUT2D eigenvalue weighted by Crippen LogP contribution is -2.48. The van der Waals surface area contributed by atoms with Crippen LogP contribution in [0.4, 0.5) is 0 Å². The van der Waals surface area contributed by atoms with Crippen LogP contribution in [0.5, 0.6) is 0 Å². The minimum atomic E-state index is -0.462. The van der Waals surface area contributed by atoms with Gasteiger partial charge in [0.05, 0.1) is 0 Å². The van der Waals surface area contributed by atoms with Gasteiger partial charge in [-0.1, -0.05) is 51.1 Å². The van der Waals surface area contributed by atoms with Gasteiger partial charge in [-0.25, -0.2) is 0 Å². The summed E-state index contributed by atoms with van der Waals surface area (Å²) in [5, 5.41) is 2.89. The number of rotatable bonds is 7. The van der Waals surface area contributed by atoms with E-state index in [1.165, 1.54) is 0 Å². The molecule has 0 unspecified atom stereocenters. The van der Waals surface area contributed by atoms with E-state index in [-0.39, 0.29) is 11.8 Å². The Labute approximate surface area is 127 Å². The number of benzene rings is 1. The van der Waals surface area contributed by atoms with E-state index in [0.717, 1.165) is 5.56 Å². The molecule has 21 heavy (non-hydrogen) atoms. The number of hydrogen-bond acceptors (Lipinski definition) is 2. The molecule has 1 N–H and O–H groups in total. The van der Waals surface area contributed by atoms with Crippen molar-refractivity contribution in [3.8, 4) is 0 Å². The highest BCUT2D eigenvalue weighted by molar-refractivity contribution is 5.87. The molecule has 0 aromatic heterocycles. The Morgan fingerprint density at radius 1 is 1.14 bits per heavy atom. The van der Waals surface area contributed by atoms with Crippen molar-refractivity contribution in [2.24, 2.45) is 5.92 Å². The number of carbonyl (C=O) groups excluding carboxylic acids is 2. The average Bonchev–Trinajstić information content (AvgIpc) is 2.49. The lowest BCUT2D eigenvalue weighted by atomic mass is 10.1. The van der Waals surface area contributed by atoms with Crippen LogP contribution in [-0.2, 0) is 16.1 Å². The van der Waals surface area contributed by atoms with Crippen molar-refractivity contribution >= 4 is 11.8 Å². The minimum Gasteiger partial charge on any atom is -0.354 e. The van der Waals surface area contributed by atoms with Crippen LogP contribution in [0, 0.1) is 5.92 Å². The molecule has 0 aliphatic heterocycles. The van der Waals surface area contributed by atoms with Crippen LogP contribution in [0.15, 0.2) is 30.3 Å². The number of nitrogens with one attached hydrogen (secondary N) is 1. The lowest BCUT2D eigenvalue weighted by Gasteiger charge is -2.28. The first-order valence-electron chi connectivity index (χ1n) is 7.56. The minimum absolute atomic E-state index is 0.00829. The predicted octanol–water partition coefficient (Wildman–Crippen LogP) is 2.59. The van der Waals surface area contributed by atoms with Gasteiger partial charge in [0.2, 0.25) is 11.8 Å². The summed E-state index contributed by atoms with van der Waals surface area (Å²) in [6.07, 6.45) is 0.397. The van der Waals surface area contributed by atoms with Gasteiger partial charge in [0.15, 0.2) is 0 Å². The molecule has 1 aromatic rings. The average molecular weight is 290 g/mol. The van der Waals surface area contributed by atoms with Crippen molar-refractivity contribution in [2.75, 3.05) is 6.54 Å². The Balaban J connectivity index is 2.77. The van der Waals surface area contributed by atoms with Crippen LogP contribution >= 0.6 is 0 Å². The Morgan fingerprint density at radius 3 is 2.29 bits per heavy atom. The Morgan fingerprint density at radius 2 is 1.76 bits per heavy atom. The highest BCUT2D eigenvalue weighted by atomic mass is 16.2. The predicted molar refractivity (Wildman–Crippen MR) is 84.6 cm³/mol. The first-order chi connectivity index (χ1) is 9.95. The van der Waals surface area contributed by atoms with E-state index in [2.05, 4.69) is 5.32 Å². The second-order valence-corrected chi connectivity index (χ2v) is 5.68. The van der Waals surface area contributed by atoms with Crippen molar-refractivity contribution in [1.29, 1.82) is 0 Å².